The Morgan fingerprint density at radius 3 is 2.21 bits per heavy atom. The van der Waals surface area contributed by atoms with Gasteiger partial charge in [0.25, 0.3) is 5.91 Å². The molecule has 0 aliphatic carbocycles. The molecule has 0 bridgehead atoms. The Bertz CT molecular complexity index is 1040. The number of carbonyl (C=O) groups excluding carboxylic acids is 1. The number of benzene rings is 3. The molecule has 148 valence electrons. The van der Waals surface area contributed by atoms with Gasteiger partial charge in [-0.05, 0) is 78.6 Å². The third-order valence-electron chi connectivity index (χ3n) is 5.49. The maximum Gasteiger partial charge on any atom is 0.251 e. The summed E-state index contributed by atoms with van der Waals surface area (Å²) in [6.07, 6.45) is 2.01. The van der Waals surface area contributed by atoms with Gasteiger partial charge in [0.05, 0.1) is 17.8 Å². The van der Waals surface area contributed by atoms with Crippen molar-refractivity contribution in [3.8, 4) is 11.1 Å². The third-order valence-corrected chi connectivity index (χ3v) is 6.35. The van der Waals surface area contributed by atoms with Crippen molar-refractivity contribution >= 4 is 23.7 Å². The second-order valence-corrected chi connectivity index (χ2v) is 8.57. The molecule has 3 nitrogen and oxygen atoms in total. The summed E-state index contributed by atoms with van der Waals surface area (Å²) in [5.74, 6) is 0.0576. The molecule has 4 rings (SSSR count). The summed E-state index contributed by atoms with van der Waals surface area (Å²) in [6.45, 7) is 6.89. The fraction of sp³-hybridized carbons (Fsp3) is 0.240. The van der Waals surface area contributed by atoms with E-state index in [1.165, 1.54) is 51.1 Å². The fourth-order valence-corrected chi connectivity index (χ4v) is 4.79. The second kappa shape index (κ2) is 8.34. The average Bonchev–Trinajstić information content (AvgIpc) is 3.13. The summed E-state index contributed by atoms with van der Waals surface area (Å²) in [4.78, 5) is 11.5. The molecule has 0 spiro atoms. The van der Waals surface area contributed by atoms with Crippen LogP contribution in [0.25, 0.3) is 11.1 Å². The molecule has 1 aliphatic heterocycles. The van der Waals surface area contributed by atoms with Crippen LogP contribution in [0.4, 0.5) is 5.69 Å². The molecule has 3 aromatic carbocycles. The predicted octanol–water partition coefficient (Wildman–Crippen LogP) is 5.56. The maximum atomic E-state index is 11.5. The Morgan fingerprint density at radius 2 is 1.55 bits per heavy atom. The smallest absolute Gasteiger partial charge is 0.251 e. The highest BCUT2D eigenvalue weighted by atomic mass is 32.2. The van der Waals surface area contributed by atoms with Gasteiger partial charge < -0.3 is 0 Å². The molecule has 0 saturated carbocycles. The maximum absolute atomic E-state index is 11.5. The van der Waals surface area contributed by atoms with E-state index in [2.05, 4.69) is 86.2 Å². The standard InChI is InChI=1S/C25H26N2OS/c1-17-6-4-7-18(2)25(17)22-9-5-8-20(15-22)10-11-21-12-13-23(19(3)14-21)27-16-24(28)26-29-27/h4-9,12-15H,10-11,16H2,1-3H3,(H,26,28). The highest BCUT2D eigenvalue weighted by molar-refractivity contribution is 7.99. The lowest BCUT2D eigenvalue weighted by atomic mass is 9.93. The predicted molar refractivity (Wildman–Crippen MR) is 123 cm³/mol. The zero-order valence-corrected chi connectivity index (χ0v) is 18.0. The van der Waals surface area contributed by atoms with Gasteiger partial charge in [-0.1, -0.05) is 54.6 Å². The molecule has 1 heterocycles. The van der Waals surface area contributed by atoms with Crippen LogP contribution in [0.1, 0.15) is 27.8 Å². The van der Waals surface area contributed by atoms with Gasteiger partial charge in [-0.3, -0.25) is 13.8 Å². The molecule has 0 aromatic heterocycles. The number of amides is 1. The first-order chi connectivity index (χ1) is 14.0. The molecule has 1 saturated heterocycles. The van der Waals surface area contributed by atoms with Crippen LogP contribution < -0.4 is 9.03 Å². The Morgan fingerprint density at radius 1 is 0.862 bits per heavy atom. The molecule has 1 N–H and O–H groups in total. The number of carbonyl (C=O) groups is 1. The van der Waals surface area contributed by atoms with Gasteiger partial charge >= 0.3 is 0 Å². The molecule has 0 radical (unpaired) electrons. The van der Waals surface area contributed by atoms with Crippen molar-refractivity contribution in [2.45, 2.75) is 33.6 Å². The van der Waals surface area contributed by atoms with E-state index in [-0.39, 0.29) is 5.91 Å². The Hall–Kier alpha value is -2.72. The lowest BCUT2D eigenvalue weighted by molar-refractivity contribution is -0.117. The molecule has 1 fully saturated rings. The first kappa shape index (κ1) is 19.6. The molecular formula is C25H26N2OS. The van der Waals surface area contributed by atoms with E-state index in [1.54, 1.807) is 0 Å². The van der Waals surface area contributed by atoms with E-state index in [4.69, 9.17) is 0 Å². The number of aryl methyl sites for hydroxylation is 5. The summed E-state index contributed by atoms with van der Waals surface area (Å²) in [5, 5.41) is 0. The monoisotopic (exact) mass is 402 g/mol. The van der Waals surface area contributed by atoms with Crippen molar-refractivity contribution in [3.05, 3.63) is 88.5 Å². The van der Waals surface area contributed by atoms with Crippen LogP contribution in [-0.4, -0.2) is 12.5 Å². The van der Waals surface area contributed by atoms with Crippen LogP contribution >= 0.6 is 12.1 Å². The van der Waals surface area contributed by atoms with Crippen LogP contribution in [0.5, 0.6) is 0 Å². The highest BCUT2D eigenvalue weighted by Gasteiger charge is 2.21. The zero-order valence-electron chi connectivity index (χ0n) is 17.2. The van der Waals surface area contributed by atoms with E-state index in [0.29, 0.717) is 6.54 Å². The Kier molecular flexibility index (Phi) is 5.63. The molecule has 0 unspecified atom stereocenters. The van der Waals surface area contributed by atoms with Gasteiger partial charge in [0.1, 0.15) is 6.54 Å². The average molecular weight is 403 g/mol. The number of hydrogen-bond acceptors (Lipinski definition) is 3. The molecule has 3 aromatic rings. The van der Waals surface area contributed by atoms with E-state index < -0.39 is 0 Å². The fourth-order valence-electron chi connectivity index (χ4n) is 4.03. The largest absolute Gasteiger partial charge is 0.289 e. The Labute approximate surface area is 177 Å². The van der Waals surface area contributed by atoms with Gasteiger partial charge in [0.2, 0.25) is 0 Å². The van der Waals surface area contributed by atoms with Crippen LogP contribution in [0.15, 0.2) is 60.7 Å². The summed E-state index contributed by atoms with van der Waals surface area (Å²) in [7, 11) is 0. The minimum Gasteiger partial charge on any atom is -0.289 e. The van der Waals surface area contributed by atoms with Crippen molar-refractivity contribution in [2.24, 2.45) is 0 Å². The highest BCUT2D eigenvalue weighted by Crippen LogP contribution is 2.30. The van der Waals surface area contributed by atoms with Gasteiger partial charge in [-0.2, -0.15) is 0 Å². The molecule has 29 heavy (non-hydrogen) atoms. The quantitative estimate of drug-likeness (QED) is 0.567. The van der Waals surface area contributed by atoms with E-state index in [0.717, 1.165) is 18.5 Å². The lowest BCUT2D eigenvalue weighted by Gasteiger charge is -2.17. The minimum absolute atomic E-state index is 0.0576. The van der Waals surface area contributed by atoms with Crippen LogP contribution in [-0.2, 0) is 17.6 Å². The second-order valence-electron chi connectivity index (χ2n) is 7.74. The molecule has 1 aliphatic rings. The van der Waals surface area contributed by atoms with Crippen molar-refractivity contribution in [1.29, 1.82) is 0 Å². The molecule has 1 amide bonds. The summed E-state index contributed by atoms with van der Waals surface area (Å²) < 4.78 is 4.80. The van der Waals surface area contributed by atoms with Gasteiger partial charge in [-0.25, -0.2) is 0 Å². The van der Waals surface area contributed by atoms with E-state index in [9.17, 15) is 4.79 Å². The van der Waals surface area contributed by atoms with Gasteiger partial charge in [0.15, 0.2) is 0 Å². The summed E-state index contributed by atoms with van der Waals surface area (Å²) in [6, 6.07) is 22.0. The summed E-state index contributed by atoms with van der Waals surface area (Å²) >= 11 is 1.37. The molecular weight excluding hydrogens is 376 g/mol. The van der Waals surface area contributed by atoms with Gasteiger partial charge in [0, 0.05) is 0 Å². The number of rotatable bonds is 5. The van der Waals surface area contributed by atoms with Crippen LogP contribution in [0.2, 0.25) is 0 Å². The number of nitrogens with one attached hydrogen (secondary N) is 1. The van der Waals surface area contributed by atoms with Crippen LogP contribution in [0, 0.1) is 20.8 Å². The van der Waals surface area contributed by atoms with Crippen LogP contribution in [0.3, 0.4) is 0 Å². The number of nitrogens with zero attached hydrogens (tertiary/aromatic N) is 1. The normalized spacial score (nSPS) is 13.6. The van der Waals surface area contributed by atoms with Crippen molar-refractivity contribution < 1.29 is 4.79 Å². The van der Waals surface area contributed by atoms with E-state index in [1.807, 2.05) is 4.31 Å². The zero-order chi connectivity index (χ0) is 20.4. The van der Waals surface area contributed by atoms with Crippen molar-refractivity contribution in [2.75, 3.05) is 10.8 Å². The Balaban J connectivity index is 1.48. The SMILES string of the molecule is Cc1cc(CCc2cccc(-c3c(C)cccc3C)c2)ccc1N1CC(=O)NS1. The summed E-state index contributed by atoms with van der Waals surface area (Å²) in [5.41, 5.74) is 10.3. The first-order valence-electron chi connectivity index (χ1n) is 9.99. The molecule has 0 atom stereocenters. The van der Waals surface area contributed by atoms with Crippen molar-refractivity contribution in [1.82, 2.24) is 4.72 Å². The third kappa shape index (κ3) is 4.33. The first-order valence-corrected chi connectivity index (χ1v) is 10.8. The van der Waals surface area contributed by atoms with Gasteiger partial charge in [-0.15, -0.1) is 0 Å². The topological polar surface area (TPSA) is 32.3 Å². The lowest BCUT2D eigenvalue weighted by Crippen LogP contribution is -2.16. The molecule has 4 heteroatoms. The number of anilines is 1. The minimum atomic E-state index is 0.0576. The van der Waals surface area contributed by atoms with E-state index >= 15 is 0 Å². The van der Waals surface area contributed by atoms with Crippen molar-refractivity contribution in [3.63, 3.8) is 0 Å². The number of hydrogen-bond donors (Lipinski definition) is 1.